The Balaban J connectivity index is 1.47. The van der Waals surface area contributed by atoms with Gasteiger partial charge in [0.25, 0.3) is 5.91 Å². The van der Waals surface area contributed by atoms with Gasteiger partial charge in [-0.1, -0.05) is 0 Å². The molecule has 0 bridgehead atoms. The first-order chi connectivity index (χ1) is 12.1. The van der Waals surface area contributed by atoms with Gasteiger partial charge in [0, 0.05) is 38.3 Å². The number of amides is 1. The maximum atomic E-state index is 12.5. The van der Waals surface area contributed by atoms with Gasteiger partial charge in [0.15, 0.2) is 0 Å². The van der Waals surface area contributed by atoms with Crippen molar-refractivity contribution in [1.82, 2.24) is 9.80 Å². The van der Waals surface area contributed by atoms with Crippen LogP contribution in [-0.4, -0.2) is 68.3 Å². The first kappa shape index (κ1) is 18.1. The molecule has 2 heterocycles. The molecule has 0 atom stereocenters. The maximum Gasteiger partial charge on any atom is 0.387 e. The first-order valence-electron chi connectivity index (χ1n) is 8.76. The van der Waals surface area contributed by atoms with E-state index in [4.69, 9.17) is 4.74 Å². The summed E-state index contributed by atoms with van der Waals surface area (Å²) in [5, 5.41) is 0. The minimum atomic E-state index is -2.85. The average molecular weight is 354 g/mol. The molecule has 0 radical (unpaired) electrons. The molecule has 25 heavy (non-hydrogen) atoms. The molecule has 1 aromatic rings. The normalized spacial score (nSPS) is 20.0. The maximum absolute atomic E-state index is 12.5. The molecular weight excluding hydrogens is 330 g/mol. The van der Waals surface area contributed by atoms with Crippen LogP contribution in [0, 0.1) is 5.92 Å². The number of alkyl halides is 2. The quantitative estimate of drug-likeness (QED) is 0.815. The summed E-state index contributed by atoms with van der Waals surface area (Å²) in [5.74, 6) is 0.633. The number of rotatable bonds is 5. The fourth-order valence-electron chi connectivity index (χ4n) is 3.43. The Hall–Kier alpha value is -1.73. The Kier molecular flexibility index (Phi) is 6.20. The molecule has 2 fully saturated rings. The molecular formula is C18H24F2N2O3. The highest BCUT2D eigenvalue weighted by molar-refractivity contribution is 5.94. The van der Waals surface area contributed by atoms with E-state index in [1.807, 2.05) is 4.90 Å². The molecule has 138 valence electrons. The van der Waals surface area contributed by atoms with Crippen molar-refractivity contribution >= 4 is 5.91 Å². The molecule has 7 heteroatoms. The van der Waals surface area contributed by atoms with Crippen molar-refractivity contribution in [2.45, 2.75) is 19.5 Å². The second-order valence-electron chi connectivity index (χ2n) is 6.55. The molecule has 1 amide bonds. The van der Waals surface area contributed by atoms with E-state index in [9.17, 15) is 13.6 Å². The third-order valence-electron chi connectivity index (χ3n) is 4.85. The summed E-state index contributed by atoms with van der Waals surface area (Å²) >= 11 is 0. The van der Waals surface area contributed by atoms with Gasteiger partial charge < -0.3 is 14.4 Å². The third-order valence-corrected chi connectivity index (χ3v) is 4.85. The van der Waals surface area contributed by atoms with Crippen LogP contribution in [0.15, 0.2) is 24.3 Å². The highest BCUT2D eigenvalue weighted by Gasteiger charge is 2.25. The Morgan fingerprint density at radius 1 is 1.12 bits per heavy atom. The number of ether oxygens (including phenoxy) is 2. The lowest BCUT2D eigenvalue weighted by molar-refractivity contribution is -0.0498. The van der Waals surface area contributed by atoms with Crippen LogP contribution in [-0.2, 0) is 4.74 Å². The van der Waals surface area contributed by atoms with Gasteiger partial charge in [-0.15, -0.1) is 0 Å². The Bertz CT molecular complexity index is 554. The van der Waals surface area contributed by atoms with Gasteiger partial charge in [-0.3, -0.25) is 9.69 Å². The average Bonchev–Trinajstić information content (AvgIpc) is 2.63. The van der Waals surface area contributed by atoms with Gasteiger partial charge in [-0.25, -0.2) is 0 Å². The van der Waals surface area contributed by atoms with E-state index in [2.05, 4.69) is 9.64 Å². The fourth-order valence-corrected chi connectivity index (χ4v) is 3.43. The predicted octanol–water partition coefficient (Wildman–Crippen LogP) is 2.47. The first-order valence-corrected chi connectivity index (χ1v) is 8.76. The lowest BCUT2D eigenvalue weighted by Crippen LogP contribution is -2.44. The number of benzene rings is 1. The van der Waals surface area contributed by atoms with Crippen molar-refractivity contribution in [2.24, 2.45) is 5.92 Å². The van der Waals surface area contributed by atoms with E-state index in [0.29, 0.717) is 11.5 Å². The van der Waals surface area contributed by atoms with Crippen LogP contribution >= 0.6 is 0 Å². The van der Waals surface area contributed by atoms with Crippen molar-refractivity contribution in [3.8, 4) is 5.75 Å². The molecule has 0 aromatic heterocycles. The van der Waals surface area contributed by atoms with E-state index in [1.165, 1.54) is 12.1 Å². The number of morpholine rings is 1. The zero-order valence-electron chi connectivity index (χ0n) is 14.2. The molecule has 3 rings (SSSR count). The van der Waals surface area contributed by atoms with Gasteiger partial charge >= 0.3 is 6.61 Å². The number of nitrogens with zero attached hydrogens (tertiary/aromatic N) is 2. The molecule has 0 unspecified atom stereocenters. The van der Waals surface area contributed by atoms with Crippen LogP contribution in [0.1, 0.15) is 23.2 Å². The lowest BCUT2D eigenvalue weighted by Gasteiger charge is -2.36. The summed E-state index contributed by atoms with van der Waals surface area (Å²) in [4.78, 5) is 16.8. The van der Waals surface area contributed by atoms with E-state index in [1.54, 1.807) is 12.1 Å². The SMILES string of the molecule is O=C(c1ccc(OC(F)F)cc1)N1CCC(CN2CCOCC2)CC1. The number of carbonyl (C=O) groups is 1. The minimum Gasteiger partial charge on any atom is -0.435 e. The van der Waals surface area contributed by atoms with Gasteiger partial charge in [-0.05, 0) is 43.0 Å². The Labute approximate surface area is 146 Å². The fraction of sp³-hybridized carbons (Fsp3) is 0.611. The van der Waals surface area contributed by atoms with Crippen LogP contribution in [0.2, 0.25) is 0 Å². The largest absolute Gasteiger partial charge is 0.435 e. The summed E-state index contributed by atoms with van der Waals surface area (Å²) < 4.78 is 34.0. The molecule has 5 nitrogen and oxygen atoms in total. The summed E-state index contributed by atoms with van der Waals surface area (Å²) in [6, 6.07) is 5.90. The summed E-state index contributed by atoms with van der Waals surface area (Å²) in [7, 11) is 0. The van der Waals surface area contributed by atoms with Gasteiger partial charge in [0.2, 0.25) is 0 Å². The molecule has 2 aliphatic heterocycles. The number of hydrogen-bond acceptors (Lipinski definition) is 4. The molecule has 1 aromatic carbocycles. The summed E-state index contributed by atoms with van der Waals surface area (Å²) in [6.45, 7) is 3.30. The number of piperidine rings is 1. The van der Waals surface area contributed by atoms with Crippen LogP contribution in [0.5, 0.6) is 5.75 Å². The molecule has 0 saturated carbocycles. The van der Waals surface area contributed by atoms with E-state index in [0.717, 1.165) is 58.8 Å². The molecule has 0 spiro atoms. The smallest absolute Gasteiger partial charge is 0.387 e. The zero-order valence-corrected chi connectivity index (χ0v) is 14.2. The van der Waals surface area contributed by atoms with Crippen LogP contribution in [0.4, 0.5) is 8.78 Å². The summed E-state index contributed by atoms with van der Waals surface area (Å²) in [6.07, 6.45) is 1.99. The third kappa shape index (κ3) is 5.12. The number of hydrogen-bond donors (Lipinski definition) is 0. The molecule has 2 aliphatic rings. The van der Waals surface area contributed by atoms with Crippen LogP contribution < -0.4 is 4.74 Å². The van der Waals surface area contributed by atoms with Crippen molar-refractivity contribution in [3.63, 3.8) is 0 Å². The number of halogens is 2. The second-order valence-corrected chi connectivity index (χ2v) is 6.55. The molecule has 2 saturated heterocycles. The summed E-state index contributed by atoms with van der Waals surface area (Å²) in [5.41, 5.74) is 0.508. The lowest BCUT2D eigenvalue weighted by atomic mass is 9.95. The monoisotopic (exact) mass is 354 g/mol. The Morgan fingerprint density at radius 2 is 1.76 bits per heavy atom. The van der Waals surface area contributed by atoms with Gasteiger partial charge in [0.05, 0.1) is 13.2 Å². The predicted molar refractivity (Wildman–Crippen MR) is 89.0 cm³/mol. The highest BCUT2D eigenvalue weighted by Crippen LogP contribution is 2.22. The van der Waals surface area contributed by atoms with Crippen molar-refractivity contribution in [1.29, 1.82) is 0 Å². The van der Waals surface area contributed by atoms with Crippen molar-refractivity contribution < 1.29 is 23.0 Å². The topological polar surface area (TPSA) is 42.0 Å². The van der Waals surface area contributed by atoms with E-state index < -0.39 is 6.61 Å². The second kappa shape index (κ2) is 8.58. The molecule has 0 aliphatic carbocycles. The standard InChI is InChI=1S/C18H24F2N2O3/c19-18(20)25-16-3-1-15(2-4-16)17(23)22-7-5-14(6-8-22)13-21-9-11-24-12-10-21/h1-4,14,18H,5-13H2. The van der Waals surface area contributed by atoms with Crippen LogP contribution in [0.25, 0.3) is 0 Å². The number of carbonyl (C=O) groups excluding carboxylic acids is 1. The van der Waals surface area contributed by atoms with Gasteiger partial charge in [0.1, 0.15) is 5.75 Å². The van der Waals surface area contributed by atoms with Crippen molar-refractivity contribution in [3.05, 3.63) is 29.8 Å². The highest BCUT2D eigenvalue weighted by atomic mass is 19.3. The van der Waals surface area contributed by atoms with E-state index >= 15 is 0 Å². The zero-order chi connectivity index (χ0) is 17.6. The van der Waals surface area contributed by atoms with E-state index in [-0.39, 0.29) is 11.7 Å². The van der Waals surface area contributed by atoms with Crippen molar-refractivity contribution in [2.75, 3.05) is 45.9 Å². The molecule has 0 N–H and O–H groups in total. The van der Waals surface area contributed by atoms with Gasteiger partial charge in [-0.2, -0.15) is 8.78 Å². The minimum absolute atomic E-state index is 0.0478. The number of likely N-dealkylation sites (tertiary alicyclic amines) is 1. The Morgan fingerprint density at radius 3 is 2.36 bits per heavy atom. The van der Waals surface area contributed by atoms with Crippen LogP contribution in [0.3, 0.4) is 0 Å².